The molecule has 114 valence electrons. The molecule has 0 aliphatic carbocycles. The quantitative estimate of drug-likeness (QED) is 0.381. The van der Waals surface area contributed by atoms with E-state index in [1.165, 1.54) is 30.3 Å². The van der Waals surface area contributed by atoms with Crippen LogP contribution in [0.5, 0.6) is 0 Å². The molecular formula is C16H10BrN3O3. The summed E-state index contributed by atoms with van der Waals surface area (Å²) in [6.07, 6.45) is 1.37. The number of carbonyl (C=O) groups excluding carboxylic acids is 1. The molecule has 1 N–H and O–H groups in total. The Balaban J connectivity index is 2.19. The molecule has 0 atom stereocenters. The van der Waals surface area contributed by atoms with E-state index in [-0.39, 0.29) is 11.3 Å². The zero-order valence-corrected chi connectivity index (χ0v) is 13.3. The Morgan fingerprint density at radius 3 is 2.52 bits per heavy atom. The second kappa shape index (κ2) is 7.33. The SMILES string of the molecule is N#C/C(=C/c1ccc([N+](=O)[O-])cc1)C(=O)Nc1cccc(Br)c1. The standard InChI is InChI=1S/C16H10BrN3O3/c17-13-2-1-3-14(9-13)19-16(21)12(10-18)8-11-4-6-15(7-5-11)20(22)23/h1-9H,(H,19,21)/b12-8-. The molecule has 0 radical (unpaired) electrons. The van der Waals surface area contributed by atoms with Crippen LogP contribution in [-0.4, -0.2) is 10.8 Å². The van der Waals surface area contributed by atoms with Gasteiger partial charge < -0.3 is 5.32 Å². The molecule has 2 aromatic rings. The van der Waals surface area contributed by atoms with E-state index in [9.17, 15) is 14.9 Å². The van der Waals surface area contributed by atoms with E-state index in [1.807, 2.05) is 12.1 Å². The van der Waals surface area contributed by atoms with Gasteiger partial charge in [-0.3, -0.25) is 14.9 Å². The number of nitro groups is 1. The first-order valence-corrected chi connectivity index (χ1v) is 7.22. The molecule has 23 heavy (non-hydrogen) atoms. The second-order valence-electron chi connectivity index (χ2n) is 4.48. The van der Waals surface area contributed by atoms with Gasteiger partial charge in [0, 0.05) is 22.3 Å². The van der Waals surface area contributed by atoms with Crippen LogP contribution in [0, 0.1) is 21.4 Å². The molecule has 0 spiro atoms. The zero-order valence-electron chi connectivity index (χ0n) is 11.7. The average molecular weight is 372 g/mol. The van der Waals surface area contributed by atoms with Crippen LogP contribution < -0.4 is 5.32 Å². The van der Waals surface area contributed by atoms with Gasteiger partial charge in [0.15, 0.2) is 0 Å². The van der Waals surface area contributed by atoms with Gasteiger partial charge in [0.1, 0.15) is 11.6 Å². The third kappa shape index (κ3) is 4.49. The van der Waals surface area contributed by atoms with E-state index >= 15 is 0 Å². The molecule has 7 heteroatoms. The molecule has 0 unspecified atom stereocenters. The first kappa shape index (κ1) is 16.4. The Morgan fingerprint density at radius 2 is 1.96 bits per heavy atom. The van der Waals surface area contributed by atoms with Gasteiger partial charge >= 0.3 is 0 Å². The Bertz CT molecular complexity index is 823. The fourth-order valence-corrected chi connectivity index (χ4v) is 2.17. The van der Waals surface area contributed by atoms with Gasteiger partial charge in [-0.1, -0.05) is 22.0 Å². The molecule has 0 saturated carbocycles. The van der Waals surface area contributed by atoms with Gasteiger partial charge in [-0.2, -0.15) is 5.26 Å². The highest BCUT2D eigenvalue weighted by Gasteiger charge is 2.10. The number of benzene rings is 2. The molecule has 6 nitrogen and oxygen atoms in total. The van der Waals surface area contributed by atoms with E-state index in [1.54, 1.807) is 18.2 Å². The van der Waals surface area contributed by atoms with Gasteiger partial charge in [0.25, 0.3) is 11.6 Å². The van der Waals surface area contributed by atoms with Crippen molar-refractivity contribution in [1.29, 1.82) is 5.26 Å². The Labute approximate surface area is 140 Å². The summed E-state index contributed by atoms with van der Waals surface area (Å²) in [7, 11) is 0. The lowest BCUT2D eigenvalue weighted by Gasteiger charge is -2.04. The van der Waals surface area contributed by atoms with E-state index in [0.717, 1.165) is 4.47 Å². The fourth-order valence-electron chi connectivity index (χ4n) is 1.77. The third-order valence-electron chi connectivity index (χ3n) is 2.86. The maximum Gasteiger partial charge on any atom is 0.269 e. The number of anilines is 1. The lowest BCUT2D eigenvalue weighted by Crippen LogP contribution is -2.13. The second-order valence-corrected chi connectivity index (χ2v) is 5.40. The number of nitriles is 1. The minimum Gasteiger partial charge on any atom is -0.321 e. The van der Waals surface area contributed by atoms with Crippen molar-refractivity contribution in [3.63, 3.8) is 0 Å². The number of amides is 1. The van der Waals surface area contributed by atoms with E-state index in [2.05, 4.69) is 21.2 Å². The number of nitro benzene ring substituents is 1. The van der Waals surface area contributed by atoms with Crippen molar-refractivity contribution in [1.82, 2.24) is 0 Å². The summed E-state index contributed by atoms with van der Waals surface area (Å²) in [5.74, 6) is -0.552. The zero-order chi connectivity index (χ0) is 16.8. The summed E-state index contributed by atoms with van der Waals surface area (Å²) in [5, 5.41) is 22.4. The van der Waals surface area contributed by atoms with Gasteiger partial charge in [-0.15, -0.1) is 0 Å². The van der Waals surface area contributed by atoms with Crippen LogP contribution in [0.3, 0.4) is 0 Å². The maximum absolute atomic E-state index is 12.1. The molecular weight excluding hydrogens is 362 g/mol. The highest BCUT2D eigenvalue weighted by atomic mass is 79.9. The lowest BCUT2D eigenvalue weighted by atomic mass is 10.1. The number of non-ortho nitro benzene ring substituents is 1. The third-order valence-corrected chi connectivity index (χ3v) is 3.36. The minimum atomic E-state index is -0.552. The van der Waals surface area contributed by atoms with Crippen LogP contribution in [0.1, 0.15) is 5.56 Å². The Kier molecular flexibility index (Phi) is 5.23. The molecule has 0 heterocycles. The molecule has 0 aliphatic heterocycles. The van der Waals surface area contributed by atoms with E-state index < -0.39 is 10.8 Å². The van der Waals surface area contributed by atoms with Crippen molar-refractivity contribution < 1.29 is 9.72 Å². The first-order valence-electron chi connectivity index (χ1n) is 6.43. The molecule has 2 rings (SSSR count). The summed E-state index contributed by atoms with van der Waals surface area (Å²) in [6.45, 7) is 0. The summed E-state index contributed by atoms with van der Waals surface area (Å²) < 4.78 is 0.799. The minimum absolute atomic E-state index is 0.0563. The van der Waals surface area contributed by atoms with Crippen LogP contribution in [0.4, 0.5) is 11.4 Å². The van der Waals surface area contributed by atoms with E-state index in [4.69, 9.17) is 5.26 Å². The first-order chi connectivity index (χ1) is 11.0. The summed E-state index contributed by atoms with van der Waals surface area (Å²) in [6, 6.07) is 14.4. The van der Waals surface area contributed by atoms with Gasteiger partial charge in [0.05, 0.1) is 4.92 Å². The van der Waals surface area contributed by atoms with Crippen molar-refractivity contribution in [2.24, 2.45) is 0 Å². The topological polar surface area (TPSA) is 96.0 Å². The van der Waals surface area contributed by atoms with Crippen molar-refractivity contribution in [3.8, 4) is 6.07 Å². The van der Waals surface area contributed by atoms with Crippen molar-refractivity contribution >= 4 is 39.3 Å². The number of nitrogens with zero attached hydrogens (tertiary/aromatic N) is 2. The monoisotopic (exact) mass is 371 g/mol. The van der Waals surface area contributed by atoms with Crippen molar-refractivity contribution in [2.45, 2.75) is 0 Å². The molecule has 0 saturated heterocycles. The van der Waals surface area contributed by atoms with Gasteiger partial charge in [0.2, 0.25) is 0 Å². The van der Waals surface area contributed by atoms with Crippen LogP contribution in [0.2, 0.25) is 0 Å². The van der Waals surface area contributed by atoms with E-state index in [0.29, 0.717) is 11.3 Å². The molecule has 1 amide bonds. The Morgan fingerprint density at radius 1 is 1.26 bits per heavy atom. The largest absolute Gasteiger partial charge is 0.321 e. The summed E-state index contributed by atoms with van der Waals surface area (Å²) in [4.78, 5) is 22.2. The summed E-state index contributed by atoms with van der Waals surface area (Å²) >= 11 is 3.29. The van der Waals surface area contributed by atoms with Crippen LogP contribution >= 0.6 is 15.9 Å². The number of hydrogen-bond acceptors (Lipinski definition) is 4. The van der Waals surface area contributed by atoms with Gasteiger partial charge in [-0.05, 0) is 42.0 Å². The molecule has 2 aromatic carbocycles. The molecule has 0 bridgehead atoms. The summed E-state index contributed by atoms with van der Waals surface area (Å²) in [5.41, 5.74) is 0.920. The normalized spacial score (nSPS) is 10.7. The molecule has 0 aliphatic rings. The molecule has 0 fully saturated rings. The lowest BCUT2D eigenvalue weighted by molar-refractivity contribution is -0.384. The van der Waals surface area contributed by atoms with Crippen molar-refractivity contribution in [2.75, 3.05) is 5.32 Å². The van der Waals surface area contributed by atoms with Crippen LogP contribution in [0.25, 0.3) is 6.08 Å². The number of nitrogens with one attached hydrogen (secondary N) is 1. The predicted molar refractivity (Wildman–Crippen MR) is 89.5 cm³/mol. The highest BCUT2D eigenvalue weighted by molar-refractivity contribution is 9.10. The molecule has 0 aromatic heterocycles. The number of halogens is 1. The smallest absolute Gasteiger partial charge is 0.269 e. The highest BCUT2D eigenvalue weighted by Crippen LogP contribution is 2.18. The predicted octanol–water partition coefficient (Wildman–Crippen LogP) is 3.90. The number of hydrogen-bond donors (Lipinski definition) is 1. The van der Waals surface area contributed by atoms with Crippen LogP contribution in [0.15, 0.2) is 58.6 Å². The number of rotatable bonds is 4. The van der Waals surface area contributed by atoms with Crippen molar-refractivity contribution in [3.05, 3.63) is 74.3 Å². The Hall–Kier alpha value is -2.98. The number of carbonyl (C=O) groups is 1. The van der Waals surface area contributed by atoms with Gasteiger partial charge in [-0.25, -0.2) is 0 Å². The fraction of sp³-hybridized carbons (Fsp3) is 0. The maximum atomic E-state index is 12.1. The van der Waals surface area contributed by atoms with Crippen LogP contribution in [-0.2, 0) is 4.79 Å². The average Bonchev–Trinajstić information content (AvgIpc) is 2.53.